The average molecular weight is 469 g/mol. The third-order valence-corrected chi connectivity index (χ3v) is 6.46. The van der Waals surface area contributed by atoms with E-state index in [1.165, 1.54) is 4.57 Å². The van der Waals surface area contributed by atoms with Crippen LogP contribution in [0.4, 0.5) is 14.7 Å². The molecule has 0 unspecified atom stereocenters. The van der Waals surface area contributed by atoms with Crippen LogP contribution < -0.4 is 5.32 Å². The molecule has 0 spiro atoms. The van der Waals surface area contributed by atoms with E-state index in [0.29, 0.717) is 34.3 Å². The Bertz CT molecular complexity index is 1390. The lowest BCUT2D eigenvalue weighted by molar-refractivity contribution is -0.143. The lowest BCUT2D eigenvalue weighted by Crippen LogP contribution is -2.52. The highest BCUT2D eigenvalue weighted by molar-refractivity contribution is 5.93. The van der Waals surface area contributed by atoms with Crippen molar-refractivity contribution in [1.29, 1.82) is 0 Å². The molecule has 4 heterocycles. The number of aromatic nitrogens is 6. The Morgan fingerprint density at radius 1 is 1.29 bits per heavy atom. The molecule has 0 aliphatic heterocycles. The van der Waals surface area contributed by atoms with Gasteiger partial charge in [-0.05, 0) is 31.9 Å². The highest BCUT2D eigenvalue weighted by Gasteiger charge is 2.47. The number of rotatable bonds is 6. The Labute approximate surface area is 194 Å². The predicted octanol–water partition coefficient (Wildman–Crippen LogP) is 3.61. The number of fused-ring (bicyclic) bond motifs is 2. The topological polar surface area (TPSA) is 105 Å². The van der Waals surface area contributed by atoms with Crippen LogP contribution in [0.5, 0.6) is 0 Å². The van der Waals surface area contributed by atoms with Gasteiger partial charge >= 0.3 is 0 Å². The molecule has 178 valence electrons. The summed E-state index contributed by atoms with van der Waals surface area (Å²) >= 11 is 0. The largest absolute Gasteiger partial charge is 0.351 e. The number of aryl methyl sites for hydroxylation is 1. The molecule has 1 saturated carbocycles. The fourth-order valence-electron chi connectivity index (χ4n) is 4.84. The molecule has 1 fully saturated rings. The summed E-state index contributed by atoms with van der Waals surface area (Å²) in [5.74, 6) is 1.11. The molecule has 1 aliphatic rings. The lowest BCUT2D eigenvalue weighted by atomic mass is 9.66. The predicted molar refractivity (Wildman–Crippen MR) is 125 cm³/mol. The number of anilines is 1. The Hall–Kier alpha value is -3.63. The minimum absolute atomic E-state index is 0.128. The molecule has 0 radical (unpaired) electrons. The third-order valence-electron chi connectivity index (χ3n) is 6.46. The van der Waals surface area contributed by atoms with Crippen LogP contribution in [0.15, 0.2) is 24.5 Å². The van der Waals surface area contributed by atoms with Crippen molar-refractivity contribution in [3.8, 4) is 11.3 Å². The zero-order chi connectivity index (χ0) is 24.2. The monoisotopic (exact) mass is 468 g/mol. The van der Waals surface area contributed by atoms with Crippen LogP contribution in [-0.4, -0.2) is 66.9 Å². The second kappa shape index (κ2) is 8.00. The van der Waals surface area contributed by atoms with Gasteiger partial charge in [0.15, 0.2) is 5.65 Å². The van der Waals surface area contributed by atoms with Gasteiger partial charge in [-0.15, -0.1) is 0 Å². The maximum Gasteiger partial charge on any atom is 0.256 e. The molecule has 4 aromatic rings. The van der Waals surface area contributed by atoms with E-state index < -0.39 is 13.0 Å². The van der Waals surface area contributed by atoms with Crippen molar-refractivity contribution in [3.05, 3.63) is 30.4 Å². The maximum absolute atomic E-state index is 13.0. The average Bonchev–Trinajstić information content (AvgIpc) is 3.31. The Morgan fingerprint density at radius 3 is 2.76 bits per heavy atom. The molecule has 0 aromatic carbocycles. The van der Waals surface area contributed by atoms with Gasteiger partial charge in [0, 0.05) is 43.5 Å². The number of aromatic amines is 1. The van der Waals surface area contributed by atoms with Crippen LogP contribution in [0.2, 0.25) is 0 Å². The fourth-order valence-corrected chi connectivity index (χ4v) is 4.84. The minimum Gasteiger partial charge on any atom is -0.351 e. The molecular weight excluding hydrogens is 442 g/mol. The summed E-state index contributed by atoms with van der Waals surface area (Å²) in [5, 5.41) is 4.08. The number of imidazole rings is 1. The van der Waals surface area contributed by atoms with E-state index in [1.807, 2.05) is 13.0 Å². The molecular formula is C23H26F2N8O. The van der Waals surface area contributed by atoms with E-state index in [1.54, 1.807) is 44.4 Å². The van der Waals surface area contributed by atoms with E-state index in [-0.39, 0.29) is 17.4 Å². The van der Waals surface area contributed by atoms with Crippen molar-refractivity contribution in [2.24, 2.45) is 5.41 Å². The number of hydrogen-bond acceptors (Lipinski definition) is 6. The Kier molecular flexibility index (Phi) is 5.22. The normalized spacial score (nSPS) is 20.1. The maximum atomic E-state index is 13.0. The fraction of sp³-hybridized carbons (Fsp3) is 0.435. The van der Waals surface area contributed by atoms with Gasteiger partial charge in [0.05, 0.1) is 17.7 Å². The molecule has 0 bridgehead atoms. The third kappa shape index (κ3) is 3.74. The number of carbonyl (C=O) groups excluding carboxylic acids is 1. The van der Waals surface area contributed by atoms with Crippen molar-refractivity contribution < 1.29 is 13.6 Å². The van der Waals surface area contributed by atoms with E-state index in [9.17, 15) is 13.6 Å². The number of alkyl halides is 2. The van der Waals surface area contributed by atoms with E-state index in [0.717, 1.165) is 23.8 Å². The first kappa shape index (κ1) is 22.2. The number of nitrogens with zero attached hydrogens (tertiary/aromatic N) is 6. The molecule has 4 aromatic heterocycles. The first-order valence-corrected chi connectivity index (χ1v) is 11.1. The van der Waals surface area contributed by atoms with Crippen molar-refractivity contribution >= 4 is 34.1 Å². The minimum atomic E-state index is -2.50. The zero-order valence-corrected chi connectivity index (χ0v) is 19.4. The van der Waals surface area contributed by atoms with Gasteiger partial charge in [-0.25, -0.2) is 23.7 Å². The number of carbonyl (C=O) groups is 1. The smallest absolute Gasteiger partial charge is 0.256 e. The van der Waals surface area contributed by atoms with Gasteiger partial charge in [-0.2, -0.15) is 4.98 Å². The summed E-state index contributed by atoms with van der Waals surface area (Å²) < 4.78 is 27.5. The standard InChI is InChI=1S/C23H26F2N8O/c1-12-28-17-6-5-16(30-20(17)33(12)11-18(24)25)14-9-26-19-15(14)10-27-22(31-19)29-13-7-23(2,8-13)21(34)32(3)4/h5-6,9-10,13,18H,7-8,11H2,1-4H3,(H2,26,27,29,31)/t13-,23-. The van der Waals surface area contributed by atoms with Gasteiger partial charge in [0.1, 0.15) is 17.0 Å². The molecule has 0 atom stereocenters. The molecule has 2 N–H and O–H groups in total. The molecule has 11 heteroatoms. The number of halogens is 2. The SMILES string of the molecule is Cc1nc2ccc(-c3c[nH]c4nc(N[C@H]5C[C@](C)(C(=O)N(C)C)C5)ncc34)nc2n1CC(F)F. The first-order valence-electron chi connectivity index (χ1n) is 11.1. The van der Waals surface area contributed by atoms with Crippen LogP contribution in [0.1, 0.15) is 25.6 Å². The van der Waals surface area contributed by atoms with E-state index in [4.69, 9.17) is 0 Å². The molecule has 0 saturated heterocycles. The molecule has 5 rings (SSSR count). The van der Waals surface area contributed by atoms with Gasteiger partial charge in [-0.1, -0.05) is 6.92 Å². The summed E-state index contributed by atoms with van der Waals surface area (Å²) in [5.41, 5.74) is 2.67. The number of amides is 1. The Balaban J connectivity index is 1.38. The second-order valence-corrected chi connectivity index (χ2v) is 9.37. The van der Waals surface area contributed by atoms with Gasteiger partial charge < -0.3 is 19.8 Å². The van der Waals surface area contributed by atoms with Gasteiger partial charge in [0.2, 0.25) is 11.9 Å². The highest BCUT2D eigenvalue weighted by Crippen LogP contribution is 2.43. The quantitative estimate of drug-likeness (QED) is 0.448. The van der Waals surface area contributed by atoms with E-state index >= 15 is 0 Å². The van der Waals surface area contributed by atoms with Crippen molar-refractivity contribution in [2.45, 2.75) is 45.7 Å². The molecule has 1 amide bonds. The highest BCUT2D eigenvalue weighted by atomic mass is 19.3. The van der Waals surface area contributed by atoms with Crippen molar-refractivity contribution in [2.75, 3.05) is 19.4 Å². The van der Waals surface area contributed by atoms with Gasteiger partial charge in [-0.3, -0.25) is 4.79 Å². The van der Waals surface area contributed by atoms with Crippen LogP contribution in [-0.2, 0) is 11.3 Å². The number of hydrogen-bond donors (Lipinski definition) is 2. The van der Waals surface area contributed by atoms with Crippen LogP contribution >= 0.6 is 0 Å². The Morgan fingerprint density at radius 2 is 2.06 bits per heavy atom. The first-order chi connectivity index (χ1) is 16.1. The summed E-state index contributed by atoms with van der Waals surface area (Å²) in [6, 6.07) is 3.72. The molecule has 9 nitrogen and oxygen atoms in total. The summed E-state index contributed by atoms with van der Waals surface area (Å²) in [6.45, 7) is 3.22. The molecule has 1 aliphatic carbocycles. The number of H-pyrrole nitrogens is 1. The van der Waals surface area contributed by atoms with E-state index in [2.05, 4.69) is 30.2 Å². The zero-order valence-electron chi connectivity index (χ0n) is 19.4. The summed E-state index contributed by atoms with van der Waals surface area (Å²) in [7, 11) is 3.54. The van der Waals surface area contributed by atoms with Crippen LogP contribution in [0, 0.1) is 12.3 Å². The van der Waals surface area contributed by atoms with Gasteiger partial charge in [0.25, 0.3) is 6.43 Å². The van der Waals surface area contributed by atoms with Crippen molar-refractivity contribution in [1.82, 2.24) is 34.4 Å². The van der Waals surface area contributed by atoms with Crippen LogP contribution in [0.3, 0.4) is 0 Å². The number of pyridine rings is 1. The van der Waals surface area contributed by atoms with Crippen LogP contribution in [0.25, 0.3) is 33.5 Å². The summed E-state index contributed by atoms with van der Waals surface area (Å²) in [4.78, 5) is 35.1. The van der Waals surface area contributed by atoms with Crippen molar-refractivity contribution in [3.63, 3.8) is 0 Å². The number of nitrogens with one attached hydrogen (secondary N) is 2. The second-order valence-electron chi connectivity index (χ2n) is 9.37. The summed E-state index contributed by atoms with van der Waals surface area (Å²) in [6.07, 6.45) is 2.44. The lowest BCUT2D eigenvalue weighted by Gasteiger charge is -2.45. The molecule has 34 heavy (non-hydrogen) atoms.